The van der Waals surface area contributed by atoms with Crippen LogP contribution in [0.2, 0.25) is 0 Å². The molecule has 1 aliphatic rings. The number of ether oxygens (including phenoxy) is 1. The molecule has 2 atom stereocenters. The number of nitrogens with zero attached hydrogens (tertiary/aromatic N) is 1. The van der Waals surface area contributed by atoms with Gasteiger partial charge in [-0.1, -0.05) is 30.3 Å². The normalized spacial score (nSPS) is 15.2. The smallest absolute Gasteiger partial charge is 0.304 e. The minimum atomic E-state index is -0.815. The highest BCUT2D eigenvalue weighted by Crippen LogP contribution is 2.34. The van der Waals surface area contributed by atoms with E-state index in [-0.39, 0.29) is 18.4 Å². The number of fused-ring (bicyclic) bond motifs is 1. The van der Waals surface area contributed by atoms with Crippen molar-refractivity contribution in [2.24, 2.45) is 4.99 Å². The van der Waals surface area contributed by atoms with Gasteiger partial charge in [-0.3, -0.25) is 9.79 Å². The van der Waals surface area contributed by atoms with Crippen LogP contribution in [0.25, 0.3) is 10.9 Å². The fraction of sp³-hybridized carbons (Fsp3) is 0.333. The quantitative estimate of drug-likeness (QED) is 0.425. The number of rotatable bonds is 9. The minimum Gasteiger partial charge on any atom is -0.493 e. The average Bonchev–Trinajstić information content (AvgIpc) is 3.42. The van der Waals surface area contributed by atoms with Gasteiger partial charge in [-0.15, -0.1) is 0 Å². The lowest BCUT2D eigenvalue weighted by Gasteiger charge is -2.16. The fourth-order valence-electron chi connectivity index (χ4n) is 3.93. The Balaban J connectivity index is 1.44. The van der Waals surface area contributed by atoms with Gasteiger partial charge in [-0.2, -0.15) is 0 Å². The topological polar surface area (TPSA) is 98.7 Å². The first-order chi connectivity index (χ1) is 15.1. The van der Waals surface area contributed by atoms with Gasteiger partial charge in [-0.05, 0) is 30.2 Å². The number of carboxylic acid groups (broad SMARTS) is 1. The molecule has 4 rings (SSSR count). The van der Waals surface area contributed by atoms with Crippen molar-refractivity contribution in [1.82, 2.24) is 15.6 Å². The van der Waals surface area contributed by atoms with Crippen LogP contribution in [0.15, 0.2) is 59.7 Å². The first kappa shape index (κ1) is 20.8. The second-order valence-electron chi connectivity index (χ2n) is 7.85. The van der Waals surface area contributed by atoms with Crippen LogP contribution in [-0.4, -0.2) is 47.8 Å². The maximum atomic E-state index is 11.5. The number of guanidine groups is 1. The Morgan fingerprint density at radius 1 is 1.26 bits per heavy atom. The predicted octanol–water partition coefficient (Wildman–Crippen LogP) is 3.48. The second-order valence-corrected chi connectivity index (χ2v) is 7.85. The van der Waals surface area contributed by atoms with Gasteiger partial charge in [-0.25, -0.2) is 0 Å². The van der Waals surface area contributed by atoms with Gasteiger partial charge >= 0.3 is 5.97 Å². The molecule has 0 fully saturated rings. The van der Waals surface area contributed by atoms with Crippen molar-refractivity contribution in [3.8, 4) is 5.75 Å². The Morgan fingerprint density at radius 2 is 2.10 bits per heavy atom. The highest BCUT2D eigenvalue weighted by atomic mass is 16.5. The third kappa shape index (κ3) is 5.17. The maximum absolute atomic E-state index is 11.5. The molecule has 31 heavy (non-hydrogen) atoms. The van der Waals surface area contributed by atoms with Crippen LogP contribution in [0.3, 0.4) is 0 Å². The maximum Gasteiger partial charge on any atom is 0.304 e. The molecule has 3 aromatic rings. The molecule has 7 nitrogen and oxygen atoms in total. The van der Waals surface area contributed by atoms with Gasteiger partial charge in [0, 0.05) is 48.1 Å². The van der Waals surface area contributed by atoms with Crippen molar-refractivity contribution in [2.75, 3.05) is 19.7 Å². The molecule has 2 heterocycles. The van der Waals surface area contributed by atoms with Gasteiger partial charge in [0.05, 0.1) is 19.6 Å². The Bertz CT molecular complexity index is 1060. The molecular weight excluding hydrogens is 392 g/mol. The van der Waals surface area contributed by atoms with E-state index in [4.69, 9.17) is 4.74 Å². The van der Waals surface area contributed by atoms with E-state index in [1.165, 1.54) is 0 Å². The second kappa shape index (κ2) is 9.55. The molecule has 2 aromatic carbocycles. The number of H-pyrrole nitrogens is 1. The Kier molecular flexibility index (Phi) is 6.40. The summed E-state index contributed by atoms with van der Waals surface area (Å²) < 4.78 is 5.95. The van der Waals surface area contributed by atoms with Crippen LogP contribution in [0.4, 0.5) is 0 Å². The highest BCUT2D eigenvalue weighted by Gasteiger charge is 2.21. The molecular formula is C24H28N4O3. The van der Waals surface area contributed by atoms with E-state index in [1.54, 1.807) is 0 Å². The zero-order valence-electron chi connectivity index (χ0n) is 17.6. The number of carboxylic acids is 1. The lowest BCUT2D eigenvalue weighted by atomic mass is 9.88. The first-order valence-corrected chi connectivity index (χ1v) is 10.7. The summed E-state index contributed by atoms with van der Waals surface area (Å²) in [6.07, 6.45) is 2.81. The number of benzene rings is 2. The van der Waals surface area contributed by atoms with Crippen LogP contribution in [0.5, 0.6) is 5.75 Å². The molecule has 1 aliphatic heterocycles. The predicted molar refractivity (Wildman–Crippen MR) is 122 cm³/mol. The van der Waals surface area contributed by atoms with Crippen molar-refractivity contribution in [2.45, 2.75) is 31.7 Å². The number of aromatic amines is 1. The van der Waals surface area contributed by atoms with Crippen molar-refractivity contribution in [1.29, 1.82) is 0 Å². The number of aliphatic carboxylic acids is 1. The van der Waals surface area contributed by atoms with E-state index in [0.717, 1.165) is 53.2 Å². The number of aromatic nitrogens is 1. The zero-order valence-corrected chi connectivity index (χ0v) is 17.6. The van der Waals surface area contributed by atoms with Gasteiger partial charge in [0.25, 0.3) is 0 Å². The Hall–Kier alpha value is -3.48. The van der Waals surface area contributed by atoms with Crippen molar-refractivity contribution in [3.05, 3.63) is 65.9 Å². The van der Waals surface area contributed by atoms with E-state index < -0.39 is 5.97 Å². The van der Waals surface area contributed by atoms with E-state index in [0.29, 0.717) is 6.61 Å². The van der Waals surface area contributed by atoms with Crippen molar-refractivity contribution >= 4 is 22.8 Å². The largest absolute Gasteiger partial charge is 0.493 e. The number of carbonyl (C=O) groups is 1. The van der Waals surface area contributed by atoms with Gasteiger partial charge in [0.2, 0.25) is 0 Å². The zero-order chi connectivity index (χ0) is 21.6. The number of nitrogens with one attached hydrogen (secondary N) is 3. The molecule has 0 amide bonds. The van der Waals surface area contributed by atoms with Crippen LogP contribution in [0.1, 0.15) is 36.8 Å². The molecule has 162 valence electrons. The molecule has 7 heteroatoms. The third-order valence-electron chi connectivity index (χ3n) is 5.52. The summed E-state index contributed by atoms with van der Waals surface area (Å²) in [4.78, 5) is 19.1. The Morgan fingerprint density at radius 3 is 2.84 bits per heavy atom. The average molecular weight is 421 g/mol. The van der Waals surface area contributed by atoms with E-state index in [2.05, 4.69) is 27.5 Å². The summed E-state index contributed by atoms with van der Waals surface area (Å²) in [5.41, 5.74) is 2.92. The number of hydrogen-bond acceptors (Lipinski definition) is 5. The van der Waals surface area contributed by atoms with Crippen molar-refractivity contribution < 1.29 is 14.6 Å². The van der Waals surface area contributed by atoms with Gasteiger partial charge < -0.3 is 25.5 Å². The molecule has 0 radical (unpaired) electrons. The molecule has 0 aliphatic carbocycles. The first-order valence-electron chi connectivity index (χ1n) is 10.7. The summed E-state index contributed by atoms with van der Waals surface area (Å²) in [6.45, 7) is 4.41. The molecule has 2 unspecified atom stereocenters. The lowest BCUT2D eigenvalue weighted by Crippen LogP contribution is -2.40. The van der Waals surface area contributed by atoms with Gasteiger partial charge in [0.1, 0.15) is 5.75 Å². The molecule has 0 bridgehead atoms. The monoisotopic (exact) mass is 420 g/mol. The highest BCUT2D eigenvalue weighted by molar-refractivity contribution is 5.86. The van der Waals surface area contributed by atoms with Crippen LogP contribution < -0.4 is 15.4 Å². The van der Waals surface area contributed by atoms with Gasteiger partial charge in [0.15, 0.2) is 5.96 Å². The fourth-order valence-corrected chi connectivity index (χ4v) is 3.93. The molecule has 1 aromatic heterocycles. The lowest BCUT2D eigenvalue weighted by molar-refractivity contribution is -0.137. The van der Waals surface area contributed by atoms with Crippen molar-refractivity contribution in [3.63, 3.8) is 0 Å². The summed E-state index contributed by atoms with van der Waals surface area (Å²) in [7, 11) is 0. The number of aliphatic imine (C=N–C) groups is 1. The van der Waals surface area contributed by atoms with Crippen LogP contribution >= 0.6 is 0 Å². The van der Waals surface area contributed by atoms with Crippen LogP contribution in [-0.2, 0) is 4.79 Å². The third-order valence-corrected chi connectivity index (χ3v) is 5.52. The molecule has 0 saturated heterocycles. The standard InChI is InChI=1S/C24H28N4O3/c1-16(28-24-25-10-11-26-24)9-12-31-18-7-8-19-21(15-27-22(19)13-18)20(14-23(29)30)17-5-3-2-4-6-17/h2-8,13,15-16,20,27H,9-12,14H2,1H3,(H,29,30)(H2,25,26,28). The minimum absolute atomic E-state index is 0.0419. The van der Waals surface area contributed by atoms with E-state index in [9.17, 15) is 9.90 Å². The summed E-state index contributed by atoms with van der Waals surface area (Å²) in [5, 5.41) is 17.0. The molecule has 0 saturated carbocycles. The molecule has 0 spiro atoms. The van der Waals surface area contributed by atoms with Crippen LogP contribution in [0, 0.1) is 0 Å². The SMILES string of the molecule is CC(CCOc1ccc2c(C(CC(=O)O)c3ccccc3)c[nH]c2c1)NC1=NCCN1. The Labute approximate surface area is 181 Å². The summed E-state index contributed by atoms with van der Waals surface area (Å²) in [5.74, 6) is 0.629. The van der Waals surface area contributed by atoms with E-state index >= 15 is 0 Å². The summed E-state index contributed by atoms with van der Waals surface area (Å²) >= 11 is 0. The summed E-state index contributed by atoms with van der Waals surface area (Å²) in [6, 6.07) is 16.0. The number of hydrogen-bond donors (Lipinski definition) is 4. The van der Waals surface area contributed by atoms with E-state index in [1.807, 2.05) is 54.7 Å². The molecule has 4 N–H and O–H groups in total.